The molecule has 34 heavy (non-hydrogen) atoms. The summed E-state index contributed by atoms with van der Waals surface area (Å²) in [5, 5.41) is 11.0. The first kappa shape index (κ1) is 18.4. The van der Waals surface area contributed by atoms with Gasteiger partial charge < -0.3 is 8.61 Å². The van der Waals surface area contributed by atoms with Gasteiger partial charge in [0, 0.05) is 16.8 Å². The maximum atomic E-state index is 7.00. The van der Waals surface area contributed by atoms with Crippen LogP contribution >= 0.6 is 7.74 Å². The smallest absolute Gasteiger partial charge is 0.382 e. The van der Waals surface area contributed by atoms with Crippen LogP contribution in [0.3, 0.4) is 0 Å². The molecule has 1 atom stereocenters. The summed E-state index contributed by atoms with van der Waals surface area (Å²) in [6.45, 7) is 2.24. The summed E-state index contributed by atoms with van der Waals surface area (Å²) in [6, 6.07) is 32.2. The lowest BCUT2D eigenvalue weighted by Crippen LogP contribution is -2.16. The molecule has 3 heterocycles. The Hall–Kier alpha value is -4.07. The predicted molar refractivity (Wildman–Crippen MR) is 141 cm³/mol. The molecule has 0 N–H and O–H groups in total. The number of hydrogen-bond donors (Lipinski definition) is 0. The van der Waals surface area contributed by atoms with Crippen molar-refractivity contribution in [1.29, 1.82) is 0 Å². The number of pyridine rings is 1. The zero-order valence-electron chi connectivity index (χ0n) is 18.4. The zero-order chi connectivity index (χ0) is 22.4. The Bertz CT molecular complexity index is 2140. The van der Waals surface area contributed by atoms with E-state index in [2.05, 4.69) is 90.1 Å². The first-order valence-corrected chi connectivity index (χ1v) is 12.7. The van der Waals surface area contributed by atoms with Crippen LogP contribution in [0.2, 0.25) is 0 Å². The molecular weight excluding hydrogens is 437 g/mol. The summed E-state index contributed by atoms with van der Waals surface area (Å²) in [7, 11) is -1.22. The summed E-state index contributed by atoms with van der Waals surface area (Å²) >= 11 is 0. The molecule has 0 amide bonds. The lowest BCUT2D eigenvalue weighted by atomic mass is 9.92. The minimum Gasteiger partial charge on any atom is -0.403 e. The van der Waals surface area contributed by atoms with Gasteiger partial charge in [0.25, 0.3) is 0 Å². The van der Waals surface area contributed by atoms with Crippen LogP contribution in [0.25, 0.3) is 65.1 Å². The van der Waals surface area contributed by atoms with Crippen LogP contribution in [0.1, 0.15) is 5.56 Å². The maximum absolute atomic E-state index is 7.00. The molecule has 0 saturated carbocycles. The highest BCUT2D eigenvalue weighted by molar-refractivity contribution is 7.39. The van der Waals surface area contributed by atoms with Gasteiger partial charge in [0.05, 0.1) is 6.07 Å². The van der Waals surface area contributed by atoms with Crippen molar-refractivity contribution < 1.29 is 12.8 Å². The molecule has 0 spiro atoms. The van der Waals surface area contributed by atoms with Crippen molar-refractivity contribution in [2.24, 2.45) is 0 Å². The minimum absolute atomic E-state index is 0.801. The van der Waals surface area contributed by atoms with E-state index in [0.717, 1.165) is 27.4 Å². The second kappa shape index (κ2) is 6.50. The first-order chi connectivity index (χ1) is 16.8. The number of benzene rings is 5. The SMILES string of the molecule is Cc1c2ccc3ccc4ccc5ccc6oc7cccc[n+]7p(oc7ccccc72)c6c5c4c13. The molecule has 3 aromatic heterocycles. The fourth-order valence-corrected chi connectivity index (χ4v) is 7.54. The molecule has 5 aromatic carbocycles. The first-order valence-electron chi connectivity index (χ1n) is 11.5. The molecular formula is C30H19NO2P+. The number of nitrogens with zero attached hydrogens (tertiary/aromatic N) is 1. The van der Waals surface area contributed by atoms with E-state index in [-0.39, 0.29) is 0 Å². The van der Waals surface area contributed by atoms with Crippen molar-refractivity contribution in [3.05, 3.63) is 103 Å². The van der Waals surface area contributed by atoms with E-state index in [1.807, 2.05) is 18.2 Å². The van der Waals surface area contributed by atoms with E-state index in [1.54, 1.807) is 0 Å². The average Bonchev–Trinajstić information content (AvgIpc) is 2.88. The summed E-state index contributed by atoms with van der Waals surface area (Å²) in [4.78, 5) is 0. The fourth-order valence-electron chi connectivity index (χ4n) is 5.57. The molecule has 3 nitrogen and oxygen atoms in total. The van der Waals surface area contributed by atoms with Crippen molar-refractivity contribution in [3.8, 4) is 0 Å². The van der Waals surface area contributed by atoms with Crippen LogP contribution in [0.4, 0.5) is 0 Å². The Kier molecular flexibility index (Phi) is 3.51. The molecule has 8 aromatic rings. The summed E-state index contributed by atoms with van der Waals surface area (Å²) in [5.41, 5.74) is 3.85. The van der Waals surface area contributed by atoms with Crippen LogP contribution in [0.5, 0.6) is 0 Å². The molecule has 8 rings (SSSR count). The van der Waals surface area contributed by atoms with Gasteiger partial charge in [-0.2, -0.15) is 0 Å². The van der Waals surface area contributed by atoms with E-state index in [0.29, 0.717) is 0 Å². The summed E-state index contributed by atoms with van der Waals surface area (Å²) in [5.74, 6) is 0. The summed E-state index contributed by atoms with van der Waals surface area (Å²) < 4.78 is 15.6. The number of aryl methyl sites for hydroxylation is 1. The van der Waals surface area contributed by atoms with Gasteiger partial charge in [-0.25, -0.2) is 0 Å². The number of rotatable bonds is 0. The molecule has 2 bridgehead atoms. The predicted octanol–water partition coefficient (Wildman–Crippen LogP) is 8.69. The molecule has 0 radical (unpaired) electrons. The molecule has 4 heteroatoms. The highest BCUT2D eigenvalue weighted by Crippen LogP contribution is 2.44. The van der Waals surface area contributed by atoms with Gasteiger partial charge in [-0.15, -0.1) is 0 Å². The molecule has 0 aliphatic heterocycles. The number of para-hydroxylation sites is 1. The normalized spacial score (nSPS) is 12.8. The Labute approximate surface area is 195 Å². The Morgan fingerprint density at radius 3 is 2.21 bits per heavy atom. The van der Waals surface area contributed by atoms with E-state index >= 15 is 0 Å². The second-order valence-electron chi connectivity index (χ2n) is 8.92. The maximum Gasteiger partial charge on any atom is 0.382 e. The van der Waals surface area contributed by atoms with Crippen molar-refractivity contribution in [3.63, 3.8) is 0 Å². The average molecular weight is 456 g/mol. The van der Waals surface area contributed by atoms with Crippen LogP contribution in [-0.2, 0) is 0 Å². The van der Waals surface area contributed by atoms with Gasteiger partial charge in [-0.1, -0.05) is 64.8 Å². The Morgan fingerprint density at radius 1 is 0.618 bits per heavy atom. The van der Waals surface area contributed by atoms with Gasteiger partial charge in [-0.05, 0) is 63.0 Å². The fraction of sp³-hybridized carbons (Fsp3) is 0.0333. The third-order valence-electron chi connectivity index (χ3n) is 7.11. The van der Waals surface area contributed by atoms with Crippen molar-refractivity contribution in [2.45, 2.75) is 6.92 Å². The lowest BCUT2D eigenvalue weighted by molar-refractivity contribution is -0.446. The monoisotopic (exact) mass is 456 g/mol. The topological polar surface area (TPSA) is 30.4 Å². The van der Waals surface area contributed by atoms with Gasteiger partial charge >= 0.3 is 13.5 Å². The molecule has 160 valence electrons. The number of aromatic nitrogens is 1. The third kappa shape index (κ3) is 2.30. The van der Waals surface area contributed by atoms with Gasteiger partial charge in [0.15, 0.2) is 11.8 Å². The zero-order valence-corrected chi connectivity index (χ0v) is 19.3. The van der Waals surface area contributed by atoms with Crippen LogP contribution < -0.4 is 4.16 Å². The van der Waals surface area contributed by atoms with E-state index in [1.165, 1.54) is 43.3 Å². The van der Waals surface area contributed by atoms with E-state index in [4.69, 9.17) is 8.61 Å². The minimum atomic E-state index is -1.22. The summed E-state index contributed by atoms with van der Waals surface area (Å²) in [6.07, 6.45) is 2.07. The third-order valence-corrected chi connectivity index (χ3v) is 9.03. The highest BCUT2D eigenvalue weighted by atomic mass is 31.1. The van der Waals surface area contributed by atoms with Crippen LogP contribution in [-0.4, -0.2) is 0 Å². The van der Waals surface area contributed by atoms with Crippen molar-refractivity contribution in [2.75, 3.05) is 0 Å². The Balaban J connectivity index is 1.89. The molecule has 1 unspecified atom stereocenters. The molecule has 0 saturated heterocycles. The Morgan fingerprint density at radius 2 is 1.32 bits per heavy atom. The molecule has 0 aliphatic carbocycles. The van der Waals surface area contributed by atoms with Gasteiger partial charge in [0.1, 0.15) is 10.7 Å². The quantitative estimate of drug-likeness (QED) is 0.169. The highest BCUT2D eigenvalue weighted by Gasteiger charge is 2.21. The second-order valence-corrected chi connectivity index (χ2v) is 10.5. The van der Waals surface area contributed by atoms with E-state index in [9.17, 15) is 0 Å². The number of fused-ring (bicyclic) bond motifs is 5. The van der Waals surface area contributed by atoms with Crippen LogP contribution in [0.15, 0.2) is 106 Å². The van der Waals surface area contributed by atoms with Crippen molar-refractivity contribution in [1.82, 2.24) is 0 Å². The largest absolute Gasteiger partial charge is 0.403 e. The molecule has 0 fully saturated rings. The van der Waals surface area contributed by atoms with Gasteiger partial charge in [-0.3, -0.25) is 0 Å². The van der Waals surface area contributed by atoms with Crippen molar-refractivity contribution >= 4 is 72.8 Å². The van der Waals surface area contributed by atoms with E-state index < -0.39 is 7.74 Å². The van der Waals surface area contributed by atoms with Gasteiger partial charge in [0.2, 0.25) is 0 Å². The van der Waals surface area contributed by atoms with Crippen LogP contribution in [0, 0.1) is 6.92 Å². The molecule has 0 aliphatic rings. The standard InChI is InChI=1S/C30H19NO2P/c1-18-22-15-13-19-9-10-20-11-12-21-14-16-25-30(29(21)28(20)27(18)19)34(31-17-5-4-8-26(31)32-25)33-24-7-3-2-6-23(22)24/h2-17H,1H3/q+1. The lowest BCUT2D eigenvalue weighted by Gasteiger charge is -2.14. The number of hydrogen-bond acceptors (Lipinski definition) is 2.